The maximum Gasteiger partial charge on any atom is 0.255 e. The number of nitrogens with two attached hydrogens (primary N) is 1. The Morgan fingerprint density at radius 3 is 2.39 bits per heavy atom. The minimum atomic E-state index is -0.511. The summed E-state index contributed by atoms with van der Waals surface area (Å²) in [5, 5.41) is 3.56. The molecule has 1 aromatic carbocycles. The molecule has 0 aliphatic rings. The van der Waals surface area contributed by atoms with Crippen LogP contribution >= 0.6 is 0 Å². The maximum atomic E-state index is 11.0. The highest BCUT2D eigenvalue weighted by Crippen LogP contribution is 2.32. The molecule has 0 heterocycles. The van der Waals surface area contributed by atoms with Gasteiger partial charge in [-0.15, -0.1) is 0 Å². The summed E-state index contributed by atoms with van der Waals surface area (Å²) in [4.78, 5) is 11.0. The van der Waals surface area contributed by atoms with Crippen LogP contribution in [0, 0.1) is 5.41 Å². The van der Waals surface area contributed by atoms with Gasteiger partial charge in [0.05, 0.1) is 7.11 Å². The number of methoxy groups -OCH3 is 1. The first-order valence-corrected chi connectivity index (χ1v) is 7.86. The monoisotopic (exact) mass is 322 g/mol. The summed E-state index contributed by atoms with van der Waals surface area (Å²) in [5.74, 6) is 0.648. The van der Waals surface area contributed by atoms with E-state index in [0.717, 1.165) is 12.0 Å². The van der Waals surface area contributed by atoms with Crippen molar-refractivity contribution in [2.75, 3.05) is 13.7 Å². The van der Waals surface area contributed by atoms with Crippen molar-refractivity contribution in [3.8, 4) is 11.5 Å². The van der Waals surface area contributed by atoms with E-state index in [-0.39, 0.29) is 17.6 Å². The molecule has 5 heteroatoms. The molecule has 1 rings (SSSR count). The minimum absolute atomic E-state index is 0.0255. The van der Waals surface area contributed by atoms with Gasteiger partial charge in [-0.2, -0.15) is 0 Å². The lowest BCUT2D eigenvalue weighted by Gasteiger charge is -2.33. The van der Waals surface area contributed by atoms with E-state index in [1.54, 1.807) is 13.2 Å². The summed E-state index contributed by atoms with van der Waals surface area (Å²) >= 11 is 0. The van der Waals surface area contributed by atoms with Gasteiger partial charge < -0.3 is 20.5 Å². The molecule has 1 amide bonds. The van der Waals surface area contributed by atoms with Crippen LogP contribution in [0.1, 0.15) is 46.6 Å². The Morgan fingerprint density at radius 2 is 1.87 bits per heavy atom. The van der Waals surface area contributed by atoms with Gasteiger partial charge in [0.2, 0.25) is 0 Å². The Hall–Kier alpha value is -1.75. The van der Waals surface area contributed by atoms with Gasteiger partial charge in [-0.3, -0.25) is 4.79 Å². The third-order valence-electron chi connectivity index (χ3n) is 3.37. The molecule has 0 spiro atoms. The predicted octanol–water partition coefficient (Wildman–Crippen LogP) is 2.86. The molecule has 0 atom stereocenters. The zero-order valence-electron chi connectivity index (χ0n) is 15.2. The van der Waals surface area contributed by atoms with E-state index in [9.17, 15) is 4.79 Å². The number of para-hydroxylation sites is 1. The second kappa shape index (κ2) is 7.68. The molecule has 0 radical (unpaired) electrons. The van der Waals surface area contributed by atoms with Crippen molar-refractivity contribution in [1.29, 1.82) is 0 Å². The summed E-state index contributed by atoms with van der Waals surface area (Å²) in [6, 6.07) is 5.67. The number of rotatable bonds is 8. The van der Waals surface area contributed by atoms with Gasteiger partial charge in [0.25, 0.3) is 5.91 Å². The quantitative estimate of drug-likeness (QED) is 0.772. The number of primary amides is 1. The van der Waals surface area contributed by atoms with E-state index in [1.807, 2.05) is 12.1 Å². The molecule has 0 fully saturated rings. The number of hydrogen-bond donors (Lipinski definition) is 2. The van der Waals surface area contributed by atoms with E-state index in [2.05, 4.69) is 39.9 Å². The van der Waals surface area contributed by atoms with E-state index in [0.29, 0.717) is 18.0 Å². The third kappa shape index (κ3) is 6.91. The number of carbonyl (C=O) groups excluding carboxylic acids is 1. The molecule has 1 aromatic rings. The SMILES string of the molecule is COc1cccc(CNC(C)(C)CC(C)(C)C)c1OCC(N)=O. The van der Waals surface area contributed by atoms with Gasteiger partial charge in [0.15, 0.2) is 18.1 Å². The van der Waals surface area contributed by atoms with Crippen LogP contribution in [0.4, 0.5) is 0 Å². The molecule has 0 bridgehead atoms. The standard InChI is InChI=1S/C18H30N2O3/c1-17(2,3)12-18(4,5)20-10-13-8-7-9-14(22-6)16(13)23-11-15(19)21/h7-9,20H,10-12H2,1-6H3,(H2,19,21). The van der Waals surface area contributed by atoms with Crippen molar-refractivity contribution < 1.29 is 14.3 Å². The Kier molecular flexibility index (Phi) is 6.45. The third-order valence-corrected chi connectivity index (χ3v) is 3.37. The first kappa shape index (κ1) is 19.3. The highest BCUT2D eigenvalue weighted by atomic mass is 16.5. The van der Waals surface area contributed by atoms with Crippen LogP contribution in [0.5, 0.6) is 11.5 Å². The molecular weight excluding hydrogens is 292 g/mol. The van der Waals surface area contributed by atoms with Crippen LogP contribution in [0.15, 0.2) is 18.2 Å². The van der Waals surface area contributed by atoms with Gasteiger partial charge >= 0.3 is 0 Å². The first-order chi connectivity index (χ1) is 10.5. The van der Waals surface area contributed by atoms with Crippen molar-refractivity contribution in [1.82, 2.24) is 5.32 Å². The highest BCUT2D eigenvalue weighted by molar-refractivity contribution is 5.75. The predicted molar refractivity (Wildman–Crippen MR) is 92.7 cm³/mol. The Balaban J connectivity index is 2.88. The van der Waals surface area contributed by atoms with Crippen LogP contribution in [-0.4, -0.2) is 25.2 Å². The van der Waals surface area contributed by atoms with Gasteiger partial charge in [-0.25, -0.2) is 0 Å². The molecule has 0 aromatic heterocycles. The smallest absolute Gasteiger partial charge is 0.255 e. The Morgan fingerprint density at radius 1 is 1.22 bits per heavy atom. The molecule has 5 nitrogen and oxygen atoms in total. The molecule has 0 saturated carbocycles. The lowest BCUT2D eigenvalue weighted by Crippen LogP contribution is -2.41. The average Bonchev–Trinajstić information content (AvgIpc) is 2.40. The summed E-state index contributed by atoms with van der Waals surface area (Å²) < 4.78 is 10.9. The van der Waals surface area contributed by atoms with Crippen molar-refractivity contribution in [3.63, 3.8) is 0 Å². The number of ether oxygens (including phenoxy) is 2. The second-order valence-corrected chi connectivity index (χ2v) is 7.68. The van der Waals surface area contributed by atoms with Crippen molar-refractivity contribution in [2.45, 2.75) is 53.1 Å². The summed E-state index contributed by atoms with van der Waals surface area (Å²) in [6.07, 6.45) is 1.03. The number of amides is 1. The van der Waals surface area contributed by atoms with Gasteiger partial charge in [0, 0.05) is 17.6 Å². The fourth-order valence-corrected chi connectivity index (χ4v) is 2.89. The fourth-order valence-electron chi connectivity index (χ4n) is 2.89. The van der Waals surface area contributed by atoms with Crippen LogP contribution in [0.2, 0.25) is 0 Å². The molecular formula is C18H30N2O3. The molecule has 23 heavy (non-hydrogen) atoms. The number of carbonyl (C=O) groups is 1. The topological polar surface area (TPSA) is 73.6 Å². The van der Waals surface area contributed by atoms with E-state index in [4.69, 9.17) is 15.2 Å². The van der Waals surface area contributed by atoms with Crippen LogP contribution < -0.4 is 20.5 Å². The Bertz CT molecular complexity index is 534. The van der Waals surface area contributed by atoms with Crippen LogP contribution in [-0.2, 0) is 11.3 Å². The van der Waals surface area contributed by atoms with Crippen LogP contribution in [0.3, 0.4) is 0 Å². The van der Waals surface area contributed by atoms with Crippen LogP contribution in [0.25, 0.3) is 0 Å². The molecule has 0 saturated heterocycles. The zero-order valence-corrected chi connectivity index (χ0v) is 15.2. The lowest BCUT2D eigenvalue weighted by atomic mass is 9.82. The van der Waals surface area contributed by atoms with Gasteiger partial charge in [-0.1, -0.05) is 32.9 Å². The van der Waals surface area contributed by atoms with Crippen molar-refractivity contribution in [3.05, 3.63) is 23.8 Å². The maximum absolute atomic E-state index is 11.0. The minimum Gasteiger partial charge on any atom is -0.493 e. The molecule has 3 N–H and O–H groups in total. The van der Waals surface area contributed by atoms with E-state index in [1.165, 1.54) is 0 Å². The largest absolute Gasteiger partial charge is 0.493 e. The highest BCUT2D eigenvalue weighted by Gasteiger charge is 2.25. The molecule has 0 aliphatic carbocycles. The number of nitrogens with one attached hydrogen (secondary N) is 1. The fraction of sp³-hybridized carbons (Fsp3) is 0.611. The number of benzene rings is 1. The van der Waals surface area contributed by atoms with E-state index >= 15 is 0 Å². The van der Waals surface area contributed by atoms with Gasteiger partial charge in [0.1, 0.15) is 0 Å². The molecule has 0 unspecified atom stereocenters. The summed E-state index contributed by atoms with van der Waals surface area (Å²) in [5.41, 5.74) is 6.32. The van der Waals surface area contributed by atoms with Crippen molar-refractivity contribution in [2.24, 2.45) is 11.1 Å². The first-order valence-electron chi connectivity index (χ1n) is 7.86. The number of hydrogen-bond acceptors (Lipinski definition) is 4. The second-order valence-electron chi connectivity index (χ2n) is 7.68. The van der Waals surface area contributed by atoms with Gasteiger partial charge in [-0.05, 0) is 31.7 Å². The molecule has 0 aliphatic heterocycles. The van der Waals surface area contributed by atoms with E-state index < -0.39 is 5.91 Å². The lowest BCUT2D eigenvalue weighted by molar-refractivity contribution is -0.119. The summed E-state index contributed by atoms with van der Waals surface area (Å²) in [6.45, 7) is 11.5. The average molecular weight is 322 g/mol. The van der Waals surface area contributed by atoms with Crippen molar-refractivity contribution >= 4 is 5.91 Å². The zero-order chi connectivity index (χ0) is 17.7. The Labute approximate surface area is 139 Å². The molecule has 130 valence electrons. The normalized spacial score (nSPS) is 12.1. The summed E-state index contributed by atoms with van der Waals surface area (Å²) in [7, 11) is 1.58.